The van der Waals surface area contributed by atoms with Crippen molar-refractivity contribution in [1.82, 2.24) is 10.6 Å². The van der Waals surface area contributed by atoms with Gasteiger partial charge in [0.2, 0.25) is 10.0 Å². The van der Waals surface area contributed by atoms with Crippen LogP contribution in [0.5, 0.6) is 0 Å². The van der Waals surface area contributed by atoms with Crippen molar-refractivity contribution in [1.29, 1.82) is 0 Å². The molecule has 0 heterocycles. The fraction of sp³-hybridized carbons (Fsp3) is 0.440. The summed E-state index contributed by atoms with van der Waals surface area (Å²) in [4.78, 5) is 12.2. The minimum Gasteiger partial charge on any atom is -0.465 e. The van der Waals surface area contributed by atoms with Crippen molar-refractivity contribution >= 4 is 39.0 Å². The number of hydrogen-bond donors (Lipinski definition) is 3. The van der Waals surface area contributed by atoms with Gasteiger partial charge >= 0.3 is 5.97 Å². The fourth-order valence-electron chi connectivity index (χ4n) is 3.17. The number of rotatable bonds is 10. The molecule has 2 aromatic rings. The van der Waals surface area contributed by atoms with Crippen molar-refractivity contribution in [3.63, 3.8) is 0 Å². The van der Waals surface area contributed by atoms with Crippen LogP contribution in [0, 0.1) is 11.3 Å². The Bertz CT molecular complexity index is 1050. The molecule has 9 heteroatoms. The molecule has 0 spiro atoms. The van der Waals surface area contributed by atoms with Crippen molar-refractivity contribution in [3.8, 4) is 0 Å². The second kappa shape index (κ2) is 12.2. The first kappa shape index (κ1) is 27.6. The van der Waals surface area contributed by atoms with Crippen LogP contribution >= 0.6 is 12.2 Å². The lowest BCUT2D eigenvalue weighted by molar-refractivity contribution is -0.154. The molecule has 0 fully saturated rings. The maximum absolute atomic E-state index is 12.2. The standard InChI is InChI=1S/C25H35N3O4S2/c1-18(21-11-13-22(14-12-21)28-34(5,30)31)27-24(33)26-16-20(15-19-9-7-6-8-10-19)17-32-23(29)25(2,3)4/h6-14,18,20,28H,15-17H2,1-5H3,(H2,26,27,33)/t18-,20+/m0/s1. The zero-order valence-corrected chi connectivity index (χ0v) is 22.1. The number of carbonyl (C=O) groups excluding carboxylic acids is 1. The largest absolute Gasteiger partial charge is 0.465 e. The molecule has 0 aliphatic heterocycles. The van der Waals surface area contributed by atoms with Gasteiger partial charge in [-0.05, 0) is 69.6 Å². The normalized spacial score (nSPS) is 13.4. The summed E-state index contributed by atoms with van der Waals surface area (Å²) in [6.45, 7) is 8.32. The van der Waals surface area contributed by atoms with Gasteiger partial charge in [-0.1, -0.05) is 42.5 Å². The quantitative estimate of drug-likeness (QED) is 0.331. The highest BCUT2D eigenvalue weighted by atomic mass is 32.2. The van der Waals surface area contributed by atoms with Crippen molar-refractivity contribution in [2.45, 2.75) is 40.2 Å². The van der Waals surface area contributed by atoms with Gasteiger partial charge in [-0.2, -0.15) is 0 Å². The molecule has 0 aromatic heterocycles. The van der Waals surface area contributed by atoms with Crippen LogP contribution in [0.2, 0.25) is 0 Å². The minimum atomic E-state index is -3.31. The molecule has 2 atom stereocenters. The maximum atomic E-state index is 12.2. The van der Waals surface area contributed by atoms with Gasteiger partial charge in [0.25, 0.3) is 0 Å². The topological polar surface area (TPSA) is 96.5 Å². The molecule has 0 saturated carbocycles. The van der Waals surface area contributed by atoms with Gasteiger partial charge in [0, 0.05) is 18.2 Å². The number of thiocarbonyl (C=S) groups is 1. The molecule has 0 bridgehead atoms. The minimum absolute atomic E-state index is 0.0464. The summed E-state index contributed by atoms with van der Waals surface area (Å²) >= 11 is 5.48. The monoisotopic (exact) mass is 505 g/mol. The van der Waals surface area contributed by atoms with E-state index in [0.717, 1.165) is 23.8 Å². The Morgan fingerprint density at radius 3 is 2.24 bits per heavy atom. The van der Waals surface area contributed by atoms with Crippen LogP contribution in [0.1, 0.15) is 44.9 Å². The van der Waals surface area contributed by atoms with Crippen LogP contribution in [0.25, 0.3) is 0 Å². The van der Waals surface area contributed by atoms with Crippen LogP contribution in [0.3, 0.4) is 0 Å². The average molecular weight is 506 g/mol. The molecule has 0 saturated heterocycles. The van der Waals surface area contributed by atoms with Crippen LogP contribution in [-0.2, 0) is 26.0 Å². The Hall–Kier alpha value is -2.65. The van der Waals surface area contributed by atoms with Crippen LogP contribution in [0.15, 0.2) is 54.6 Å². The van der Waals surface area contributed by atoms with E-state index in [1.165, 1.54) is 0 Å². The van der Waals surface area contributed by atoms with Crippen molar-refractivity contribution in [3.05, 3.63) is 65.7 Å². The second-order valence-corrected chi connectivity index (χ2v) is 11.6. The predicted octanol–water partition coefficient (Wildman–Crippen LogP) is 4.03. The smallest absolute Gasteiger partial charge is 0.311 e. The lowest BCUT2D eigenvalue weighted by Crippen LogP contribution is -2.40. The molecule has 3 N–H and O–H groups in total. The van der Waals surface area contributed by atoms with Crippen LogP contribution in [-0.4, -0.2) is 38.9 Å². The zero-order valence-electron chi connectivity index (χ0n) is 20.4. The average Bonchev–Trinajstić information content (AvgIpc) is 2.74. The summed E-state index contributed by atoms with van der Waals surface area (Å²) in [5, 5.41) is 6.98. The first-order valence-corrected chi connectivity index (χ1v) is 13.5. The summed E-state index contributed by atoms with van der Waals surface area (Å²) in [5.41, 5.74) is 2.08. The molecular weight excluding hydrogens is 470 g/mol. The number of carbonyl (C=O) groups is 1. The van der Waals surface area contributed by atoms with E-state index in [9.17, 15) is 13.2 Å². The predicted molar refractivity (Wildman–Crippen MR) is 141 cm³/mol. The number of nitrogens with one attached hydrogen (secondary N) is 3. The Balaban J connectivity index is 1.93. The Labute approximate surface area is 208 Å². The molecule has 0 amide bonds. The van der Waals surface area contributed by atoms with Crippen LogP contribution in [0.4, 0.5) is 5.69 Å². The molecule has 34 heavy (non-hydrogen) atoms. The summed E-state index contributed by atoms with van der Waals surface area (Å²) in [5.74, 6) is -0.182. The molecule has 186 valence electrons. The Morgan fingerprint density at radius 2 is 1.68 bits per heavy atom. The Morgan fingerprint density at radius 1 is 1.06 bits per heavy atom. The van der Waals surface area contributed by atoms with Gasteiger partial charge in [-0.25, -0.2) is 8.42 Å². The van der Waals surface area contributed by atoms with E-state index in [1.807, 2.05) is 58.0 Å². The molecule has 0 radical (unpaired) electrons. The van der Waals surface area contributed by atoms with Gasteiger partial charge < -0.3 is 15.4 Å². The number of ether oxygens (including phenoxy) is 1. The zero-order chi connectivity index (χ0) is 25.4. The van der Waals surface area contributed by atoms with Crippen molar-refractivity contribution in [2.75, 3.05) is 24.1 Å². The third kappa shape index (κ3) is 10.1. The number of sulfonamides is 1. The lowest BCUT2D eigenvalue weighted by atomic mass is 9.97. The van der Waals surface area contributed by atoms with Crippen molar-refractivity contribution < 1.29 is 17.9 Å². The number of benzene rings is 2. The van der Waals surface area contributed by atoms with E-state index in [2.05, 4.69) is 27.5 Å². The van der Waals surface area contributed by atoms with Crippen LogP contribution < -0.4 is 15.4 Å². The summed E-state index contributed by atoms with van der Waals surface area (Å²) < 4.78 is 30.8. The molecule has 7 nitrogen and oxygen atoms in total. The van der Waals surface area contributed by atoms with Gasteiger partial charge in [-0.15, -0.1) is 0 Å². The van der Waals surface area contributed by atoms with E-state index in [4.69, 9.17) is 17.0 Å². The van der Waals surface area contributed by atoms with E-state index >= 15 is 0 Å². The van der Waals surface area contributed by atoms with Crippen molar-refractivity contribution in [2.24, 2.45) is 11.3 Å². The summed E-state index contributed by atoms with van der Waals surface area (Å²) in [6, 6.07) is 17.1. The van der Waals surface area contributed by atoms with Gasteiger partial charge in [0.15, 0.2) is 5.11 Å². The molecule has 0 unspecified atom stereocenters. The highest BCUT2D eigenvalue weighted by Crippen LogP contribution is 2.18. The highest BCUT2D eigenvalue weighted by molar-refractivity contribution is 7.92. The van der Waals surface area contributed by atoms with E-state index in [1.54, 1.807) is 12.1 Å². The third-order valence-corrected chi connectivity index (χ3v) is 5.91. The number of hydrogen-bond acceptors (Lipinski definition) is 5. The fourth-order valence-corrected chi connectivity index (χ4v) is 3.99. The summed E-state index contributed by atoms with van der Waals surface area (Å²) in [7, 11) is -3.31. The van der Waals surface area contributed by atoms with E-state index < -0.39 is 15.4 Å². The van der Waals surface area contributed by atoms with Gasteiger partial charge in [0.05, 0.1) is 24.3 Å². The first-order valence-electron chi connectivity index (χ1n) is 11.2. The molecule has 2 rings (SSSR count). The molecule has 0 aliphatic carbocycles. The second-order valence-electron chi connectivity index (χ2n) is 9.48. The number of anilines is 1. The molecule has 0 aliphatic rings. The SMILES string of the molecule is C[C@H](NC(=S)NC[C@H](COC(=O)C(C)(C)C)Cc1ccccc1)c1ccc(NS(C)(=O)=O)cc1. The molecular formula is C25H35N3O4S2. The van der Waals surface area contributed by atoms with Gasteiger partial charge in [0.1, 0.15) is 0 Å². The number of esters is 1. The molecule has 2 aromatic carbocycles. The summed E-state index contributed by atoms with van der Waals surface area (Å²) in [6.07, 6.45) is 1.86. The Kier molecular flexibility index (Phi) is 9.88. The third-order valence-electron chi connectivity index (χ3n) is 5.04. The lowest BCUT2D eigenvalue weighted by Gasteiger charge is -2.23. The van der Waals surface area contributed by atoms with Gasteiger partial charge in [-0.3, -0.25) is 9.52 Å². The van der Waals surface area contributed by atoms with E-state index in [-0.39, 0.29) is 17.9 Å². The first-order chi connectivity index (χ1) is 15.8. The maximum Gasteiger partial charge on any atom is 0.311 e. The highest BCUT2D eigenvalue weighted by Gasteiger charge is 2.24. The van der Waals surface area contributed by atoms with E-state index in [0.29, 0.717) is 24.0 Å².